The van der Waals surface area contributed by atoms with Gasteiger partial charge in [-0.2, -0.15) is 0 Å². The zero-order valence-corrected chi connectivity index (χ0v) is 10.3. The number of hydrogen-bond acceptors (Lipinski definition) is 3. The lowest BCUT2D eigenvalue weighted by atomic mass is 10.3. The molecule has 0 aliphatic heterocycles. The lowest BCUT2D eigenvalue weighted by molar-refractivity contribution is 0.167. The Bertz CT molecular complexity index is 411. The van der Waals surface area contributed by atoms with Gasteiger partial charge >= 0.3 is 6.03 Å². The number of rotatable bonds is 5. The van der Waals surface area contributed by atoms with Crippen LogP contribution in [-0.2, 0) is 0 Å². The van der Waals surface area contributed by atoms with Crippen LogP contribution < -0.4 is 5.32 Å². The van der Waals surface area contributed by atoms with Gasteiger partial charge in [-0.3, -0.25) is 0 Å². The highest BCUT2D eigenvalue weighted by atomic mass is 35.5. The van der Waals surface area contributed by atoms with E-state index in [-0.39, 0.29) is 32.0 Å². The molecule has 0 saturated heterocycles. The molecule has 1 aromatic carbocycles. The minimum absolute atomic E-state index is 0.0478. The fraction of sp³-hybridized carbons (Fsp3) is 0.364. The van der Waals surface area contributed by atoms with Crippen LogP contribution in [0.1, 0.15) is 0 Å². The predicted octanol–water partition coefficient (Wildman–Crippen LogP) is 1.30. The molecule has 1 aromatic rings. The molecule has 0 aliphatic rings. The van der Waals surface area contributed by atoms with Crippen molar-refractivity contribution in [3.05, 3.63) is 29.0 Å². The van der Waals surface area contributed by atoms with Crippen molar-refractivity contribution >= 4 is 23.3 Å². The zero-order valence-electron chi connectivity index (χ0n) is 9.57. The average molecular weight is 277 g/mol. The molecule has 0 heterocycles. The molecule has 3 N–H and O–H groups in total. The number of halogens is 2. The molecule has 0 unspecified atom stereocenters. The van der Waals surface area contributed by atoms with E-state index in [0.29, 0.717) is 5.02 Å². The number of aliphatic hydroxyl groups is 2. The van der Waals surface area contributed by atoms with Crippen molar-refractivity contribution in [1.82, 2.24) is 4.90 Å². The summed E-state index contributed by atoms with van der Waals surface area (Å²) >= 11 is 5.69. The first-order valence-electron chi connectivity index (χ1n) is 5.31. The van der Waals surface area contributed by atoms with Crippen LogP contribution in [0.25, 0.3) is 0 Å². The first kappa shape index (κ1) is 14.7. The van der Waals surface area contributed by atoms with Gasteiger partial charge in [0.05, 0.1) is 18.9 Å². The van der Waals surface area contributed by atoms with Crippen molar-refractivity contribution in [1.29, 1.82) is 0 Å². The second-order valence-corrected chi connectivity index (χ2v) is 3.93. The van der Waals surface area contributed by atoms with E-state index < -0.39 is 11.8 Å². The predicted molar refractivity (Wildman–Crippen MR) is 66.2 cm³/mol. The molecule has 0 aromatic heterocycles. The van der Waals surface area contributed by atoms with Gasteiger partial charge in [0.25, 0.3) is 0 Å². The standard InChI is InChI=1S/C11H14ClFN2O3/c12-8-1-2-9(13)10(7-8)14-11(18)15(3-5-16)4-6-17/h1-2,7,16-17H,3-6H2,(H,14,18). The van der Waals surface area contributed by atoms with E-state index in [9.17, 15) is 9.18 Å². The van der Waals surface area contributed by atoms with E-state index >= 15 is 0 Å². The van der Waals surface area contributed by atoms with Gasteiger partial charge in [0, 0.05) is 18.1 Å². The number of nitrogens with one attached hydrogen (secondary N) is 1. The van der Waals surface area contributed by atoms with E-state index in [2.05, 4.69) is 5.32 Å². The number of anilines is 1. The summed E-state index contributed by atoms with van der Waals surface area (Å²) in [6.45, 7) is -0.389. The van der Waals surface area contributed by atoms with E-state index in [0.717, 1.165) is 6.07 Å². The van der Waals surface area contributed by atoms with Gasteiger partial charge in [-0.1, -0.05) is 11.6 Å². The molecule has 0 fully saturated rings. The SMILES string of the molecule is O=C(Nc1cc(Cl)ccc1F)N(CCO)CCO. The fourth-order valence-electron chi connectivity index (χ4n) is 1.34. The molecule has 0 aliphatic carbocycles. The molecule has 0 radical (unpaired) electrons. The quantitative estimate of drug-likeness (QED) is 0.759. The molecular weight excluding hydrogens is 263 g/mol. The lowest BCUT2D eigenvalue weighted by Gasteiger charge is -2.21. The van der Waals surface area contributed by atoms with E-state index in [1.54, 1.807) is 0 Å². The Morgan fingerprint density at radius 3 is 2.50 bits per heavy atom. The number of hydrogen-bond donors (Lipinski definition) is 3. The molecule has 7 heteroatoms. The molecule has 5 nitrogen and oxygen atoms in total. The molecule has 100 valence electrons. The minimum Gasteiger partial charge on any atom is -0.395 e. The molecule has 18 heavy (non-hydrogen) atoms. The highest BCUT2D eigenvalue weighted by Gasteiger charge is 2.14. The fourth-order valence-corrected chi connectivity index (χ4v) is 1.52. The van der Waals surface area contributed by atoms with Gasteiger partial charge in [-0.05, 0) is 18.2 Å². The highest BCUT2D eigenvalue weighted by molar-refractivity contribution is 6.30. The summed E-state index contributed by atoms with van der Waals surface area (Å²) in [5.74, 6) is -0.610. The zero-order chi connectivity index (χ0) is 13.5. The summed E-state index contributed by atoms with van der Waals surface area (Å²) < 4.78 is 13.4. The second kappa shape index (κ2) is 7.15. The van der Waals surface area contributed by atoms with Gasteiger partial charge in [-0.15, -0.1) is 0 Å². The van der Waals surface area contributed by atoms with Gasteiger partial charge in [0.2, 0.25) is 0 Å². The molecule has 0 bridgehead atoms. The summed E-state index contributed by atoms with van der Waals surface area (Å²) in [7, 11) is 0. The molecular formula is C11H14ClFN2O3. The van der Waals surface area contributed by atoms with Crippen molar-refractivity contribution in [3.8, 4) is 0 Å². The number of carbonyl (C=O) groups excluding carboxylic acids is 1. The van der Waals surface area contributed by atoms with Gasteiger partial charge in [0.1, 0.15) is 5.82 Å². The molecule has 0 spiro atoms. The smallest absolute Gasteiger partial charge is 0.322 e. The summed E-state index contributed by atoms with van der Waals surface area (Å²) in [5.41, 5.74) is -0.0478. The molecule has 0 saturated carbocycles. The average Bonchev–Trinajstić information content (AvgIpc) is 2.33. The van der Waals surface area contributed by atoms with E-state index in [1.807, 2.05) is 0 Å². The van der Waals surface area contributed by atoms with Crippen molar-refractivity contribution in [2.45, 2.75) is 0 Å². The summed E-state index contributed by atoms with van der Waals surface area (Å²) in [6, 6.07) is 3.18. The number of urea groups is 1. The Labute approximate surface area is 109 Å². The third kappa shape index (κ3) is 4.14. The maximum absolute atomic E-state index is 13.4. The van der Waals surface area contributed by atoms with Crippen molar-refractivity contribution < 1.29 is 19.4 Å². The Morgan fingerprint density at radius 2 is 1.94 bits per heavy atom. The third-order valence-electron chi connectivity index (χ3n) is 2.20. The van der Waals surface area contributed by atoms with Gasteiger partial charge < -0.3 is 20.4 Å². The Balaban J connectivity index is 2.75. The van der Waals surface area contributed by atoms with Gasteiger partial charge in [-0.25, -0.2) is 9.18 Å². The Hall–Kier alpha value is -1.37. The van der Waals surface area contributed by atoms with E-state index in [1.165, 1.54) is 17.0 Å². The Morgan fingerprint density at radius 1 is 1.33 bits per heavy atom. The van der Waals surface area contributed by atoms with Crippen molar-refractivity contribution in [3.63, 3.8) is 0 Å². The van der Waals surface area contributed by atoms with E-state index in [4.69, 9.17) is 21.8 Å². The first-order valence-corrected chi connectivity index (χ1v) is 5.69. The molecule has 2 amide bonds. The number of benzene rings is 1. The maximum atomic E-state index is 13.4. The maximum Gasteiger partial charge on any atom is 0.322 e. The van der Waals surface area contributed by atoms with Crippen LogP contribution in [0.2, 0.25) is 5.02 Å². The lowest BCUT2D eigenvalue weighted by Crippen LogP contribution is -2.39. The van der Waals surface area contributed by atoms with Crippen molar-refractivity contribution in [2.24, 2.45) is 0 Å². The monoisotopic (exact) mass is 276 g/mol. The van der Waals surface area contributed by atoms with Crippen LogP contribution in [0.15, 0.2) is 18.2 Å². The number of amides is 2. The van der Waals surface area contributed by atoms with Crippen LogP contribution in [0.5, 0.6) is 0 Å². The van der Waals surface area contributed by atoms with Crippen LogP contribution >= 0.6 is 11.6 Å². The minimum atomic E-state index is -0.612. The van der Waals surface area contributed by atoms with Crippen LogP contribution in [0, 0.1) is 5.82 Å². The highest BCUT2D eigenvalue weighted by Crippen LogP contribution is 2.19. The number of aliphatic hydroxyl groups excluding tert-OH is 2. The number of nitrogens with zero attached hydrogens (tertiary/aromatic N) is 1. The molecule has 0 atom stereocenters. The Kier molecular flexibility index (Phi) is 5.84. The topological polar surface area (TPSA) is 72.8 Å². The third-order valence-corrected chi connectivity index (χ3v) is 2.43. The van der Waals surface area contributed by atoms with Gasteiger partial charge in [0.15, 0.2) is 0 Å². The van der Waals surface area contributed by atoms with Crippen molar-refractivity contribution in [2.75, 3.05) is 31.6 Å². The molecule has 1 rings (SSSR count). The second-order valence-electron chi connectivity index (χ2n) is 3.49. The van der Waals surface area contributed by atoms with Crippen LogP contribution in [0.3, 0.4) is 0 Å². The normalized spacial score (nSPS) is 10.2. The van der Waals surface area contributed by atoms with Crippen LogP contribution in [0.4, 0.5) is 14.9 Å². The summed E-state index contributed by atoms with van der Waals surface area (Å²) in [5, 5.41) is 20.2. The summed E-state index contributed by atoms with van der Waals surface area (Å²) in [6.07, 6.45) is 0. The first-order chi connectivity index (χ1) is 8.58. The summed E-state index contributed by atoms with van der Waals surface area (Å²) in [4.78, 5) is 12.9. The van der Waals surface area contributed by atoms with Crippen LogP contribution in [-0.4, -0.2) is 47.4 Å². The number of carbonyl (C=O) groups is 1. The largest absolute Gasteiger partial charge is 0.395 e.